The average Bonchev–Trinajstić information content (AvgIpc) is 2.64. The van der Waals surface area contributed by atoms with E-state index in [2.05, 4.69) is 9.97 Å². The van der Waals surface area contributed by atoms with Crippen LogP contribution in [0.15, 0.2) is 30.6 Å². The molecule has 1 saturated heterocycles. The summed E-state index contributed by atoms with van der Waals surface area (Å²) in [5, 5.41) is 9.45. The fourth-order valence-electron chi connectivity index (χ4n) is 2.57. The Labute approximate surface area is 153 Å². The van der Waals surface area contributed by atoms with Gasteiger partial charge in [0.25, 0.3) is 5.91 Å². The number of amides is 1. The molecule has 0 aliphatic carbocycles. The topological polar surface area (TPSA) is 86.6 Å². The molecule has 0 bridgehead atoms. The molecule has 9 heteroatoms. The van der Waals surface area contributed by atoms with E-state index >= 15 is 0 Å². The number of carboxylic acid groups (broad SMARTS) is 1. The molecule has 1 aliphatic heterocycles. The maximum atomic E-state index is 12.6. The van der Waals surface area contributed by atoms with E-state index in [9.17, 15) is 9.59 Å². The van der Waals surface area contributed by atoms with Gasteiger partial charge in [-0.3, -0.25) is 4.79 Å². The zero-order valence-electron chi connectivity index (χ0n) is 13.0. The van der Waals surface area contributed by atoms with Gasteiger partial charge in [-0.05, 0) is 12.1 Å². The van der Waals surface area contributed by atoms with E-state index in [1.54, 1.807) is 23.1 Å². The lowest BCUT2D eigenvalue weighted by molar-refractivity contribution is 0.0688. The Kier molecular flexibility index (Phi) is 5.06. The highest BCUT2D eigenvalue weighted by Gasteiger charge is 2.25. The van der Waals surface area contributed by atoms with Crippen LogP contribution in [0.5, 0.6) is 0 Å². The first-order chi connectivity index (χ1) is 12.0. The van der Waals surface area contributed by atoms with Gasteiger partial charge in [0.05, 0.1) is 28.0 Å². The number of piperazine rings is 1. The van der Waals surface area contributed by atoms with Gasteiger partial charge < -0.3 is 14.9 Å². The number of benzene rings is 1. The Bertz CT molecular complexity index is 806. The molecule has 1 fully saturated rings. The fourth-order valence-corrected chi connectivity index (χ4v) is 2.95. The SMILES string of the molecule is O=C(O)c1cnc(N2CCN(C(=O)c3cccc(Cl)c3Cl)CC2)cn1. The molecule has 0 spiro atoms. The van der Waals surface area contributed by atoms with E-state index in [-0.39, 0.29) is 16.6 Å². The molecule has 7 nitrogen and oxygen atoms in total. The zero-order valence-corrected chi connectivity index (χ0v) is 14.5. The predicted octanol–water partition coefficient (Wildman–Crippen LogP) is 2.44. The van der Waals surface area contributed by atoms with Crippen LogP contribution in [0.2, 0.25) is 10.0 Å². The van der Waals surface area contributed by atoms with Crippen molar-refractivity contribution in [1.29, 1.82) is 0 Å². The van der Waals surface area contributed by atoms with E-state index in [1.807, 2.05) is 4.90 Å². The summed E-state index contributed by atoms with van der Waals surface area (Å²) in [4.78, 5) is 35.0. The molecule has 0 saturated carbocycles. The molecule has 1 aromatic carbocycles. The summed E-state index contributed by atoms with van der Waals surface area (Å²) in [6, 6.07) is 4.98. The van der Waals surface area contributed by atoms with E-state index in [0.29, 0.717) is 42.6 Å². The minimum atomic E-state index is -1.12. The van der Waals surface area contributed by atoms with Crippen molar-refractivity contribution < 1.29 is 14.7 Å². The fraction of sp³-hybridized carbons (Fsp3) is 0.250. The summed E-state index contributed by atoms with van der Waals surface area (Å²) in [5.41, 5.74) is 0.279. The van der Waals surface area contributed by atoms with Crippen LogP contribution < -0.4 is 4.90 Å². The highest BCUT2D eigenvalue weighted by molar-refractivity contribution is 6.43. The zero-order chi connectivity index (χ0) is 18.0. The van der Waals surface area contributed by atoms with Gasteiger partial charge in [0.2, 0.25) is 0 Å². The summed E-state index contributed by atoms with van der Waals surface area (Å²) in [6.45, 7) is 2.10. The first kappa shape index (κ1) is 17.4. The second-order valence-electron chi connectivity index (χ2n) is 5.45. The van der Waals surface area contributed by atoms with Crippen LogP contribution in [0.4, 0.5) is 5.82 Å². The van der Waals surface area contributed by atoms with Crippen LogP contribution in [-0.4, -0.2) is 58.0 Å². The van der Waals surface area contributed by atoms with Gasteiger partial charge in [0, 0.05) is 26.2 Å². The number of hydrogen-bond donors (Lipinski definition) is 1. The van der Waals surface area contributed by atoms with E-state index < -0.39 is 5.97 Å². The van der Waals surface area contributed by atoms with Crippen molar-refractivity contribution in [3.8, 4) is 0 Å². The average molecular weight is 381 g/mol. The van der Waals surface area contributed by atoms with Crippen LogP contribution in [0, 0.1) is 0 Å². The van der Waals surface area contributed by atoms with Crippen LogP contribution in [0.3, 0.4) is 0 Å². The van der Waals surface area contributed by atoms with Crippen molar-refractivity contribution in [2.45, 2.75) is 0 Å². The van der Waals surface area contributed by atoms with Crippen molar-refractivity contribution in [2.24, 2.45) is 0 Å². The smallest absolute Gasteiger partial charge is 0.356 e. The maximum Gasteiger partial charge on any atom is 0.356 e. The molecular formula is C16H14Cl2N4O3. The lowest BCUT2D eigenvalue weighted by Gasteiger charge is -2.35. The Balaban J connectivity index is 1.66. The minimum Gasteiger partial charge on any atom is -0.476 e. The molecule has 130 valence electrons. The van der Waals surface area contributed by atoms with Gasteiger partial charge >= 0.3 is 5.97 Å². The summed E-state index contributed by atoms with van der Waals surface area (Å²) in [6.07, 6.45) is 2.65. The summed E-state index contributed by atoms with van der Waals surface area (Å²) in [7, 11) is 0. The predicted molar refractivity (Wildman–Crippen MR) is 93.6 cm³/mol. The van der Waals surface area contributed by atoms with E-state index in [1.165, 1.54) is 12.4 Å². The molecule has 1 aliphatic rings. The van der Waals surface area contributed by atoms with Crippen LogP contribution in [-0.2, 0) is 0 Å². The number of anilines is 1. The van der Waals surface area contributed by atoms with Crippen LogP contribution >= 0.6 is 23.2 Å². The van der Waals surface area contributed by atoms with Crippen molar-refractivity contribution in [1.82, 2.24) is 14.9 Å². The van der Waals surface area contributed by atoms with Gasteiger partial charge in [-0.25, -0.2) is 14.8 Å². The van der Waals surface area contributed by atoms with Gasteiger partial charge in [0.15, 0.2) is 5.69 Å². The van der Waals surface area contributed by atoms with Gasteiger partial charge in [-0.2, -0.15) is 0 Å². The molecule has 1 amide bonds. The molecule has 0 radical (unpaired) electrons. The summed E-state index contributed by atoms with van der Waals surface area (Å²) < 4.78 is 0. The summed E-state index contributed by atoms with van der Waals surface area (Å²) >= 11 is 12.1. The normalized spacial score (nSPS) is 14.5. The van der Waals surface area contributed by atoms with Crippen molar-refractivity contribution in [2.75, 3.05) is 31.1 Å². The van der Waals surface area contributed by atoms with Gasteiger partial charge in [-0.15, -0.1) is 0 Å². The van der Waals surface area contributed by atoms with E-state index in [4.69, 9.17) is 28.3 Å². The van der Waals surface area contributed by atoms with Gasteiger partial charge in [-0.1, -0.05) is 29.3 Å². The van der Waals surface area contributed by atoms with Gasteiger partial charge in [0.1, 0.15) is 5.82 Å². The van der Waals surface area contributed by atoms with Crippen molar-refractivity contribution in [3.05, 3.63) is 51.9 Å². The van der Waals surface area contributed by atoms with Crippen molar-refractivity contribution in [3.63, 3.8) is 0 Å². The second-order valence-corrected chi connectivity index (χ2v) is 6.23. The minimum absolute atomic E-state index is 0.104. The third kappa shape index (κ3) is 3.67. The molecule has 0 atom stereocenters. The molecule has 25 heavy (non-hydrogen) atoms. The number of halogens is 2. The molecular weight excluding hydrogens is 367 g/mol. The highest BCUT2D eigenvalue weighted by atomic mass is 35.5. The maximum absolute atomic E-state index is 12.6. The second kappa shape index (κ2) is 7.25. The third-order valence-electron chi connectivity index (χ3n) is 3.93. The number of hydrogen-bond acceptors (Lipinski definition) is 5. The molecule has 1 aromatic heterocycles. The van der Waals surface area contributed by atoms with E-state index in [0.717, 1.165) is 0 Å². The largest absolute Gasteiger partial charge is 0.476 e. The quantitative estimate of drug-likeness (QED) is 0.879. The Morgan fingerprint density at radius 3 is 2.36 bits per heavy atom. The molecule has 3 rings (SSSR count). The monoisotopic (exact) mass is 380 g/mol. The Morgan fingerprint density at radius 2 is 1.76 bits per heavy atom. The highest BCUT2D eigenvalue weighted by Crippen LogP contribution is 2.27. The van der Waals surface area contributed by atoms with Crippen LogP contribution in [0.25, 0.3) is 0 Å². The number of aromatic carboxylic acids is 1. The lowest BCUT2D eigenvalue weighted by atomic mass is 10.1. The Morgan fingerprint density at radius 1 is 1.04 bits per heavy atom. The third-order valence-corrected chi connectivity index (χ3v) is 4.75. The number of carboxylic acids is 1. The first-order valence-electron chi connectivity index (χ1n) is 7.51. The summed E-state index contributed by atoms with van der Waals surface area (Å²) in [5.74, 6) is -0.704. The molecule has 0 unspecified atom stereocenters. The molecule has 2 aromatic rings. The molecule has 1 N–H and O–H groups in total. The number of nitrogens with zero attached hydrogens (tertiary/aromatic N) is 4. The van der Waals surface area contributed by atoms with Crippen molar-refractivity contribution >= 4 is 40.9 Å². The number of aromatic nitrogens is 2. The molecule has 2 heterocycles. The number of rotatable bonds is 3. The van der Waals surface area contributed by atoms with Crippen LogP contribution in [0.1, 0.15) is 20.8 Å². The first-order valence-corrected chi connectivity index (χ1v) is 8.26. The lowest BCUT2D eigenvalue weighted by Crippen LogP contribution is -2.49. The number of carbonyl (C=O) groups excluding carboxylic acids is 1. The number of carbonyl (C=O) groups is 2. The Hall–Kier alpha value is -2.38. The standard InChI is InChI=1S/C16H14Cl2N4O3/c17-11-3-1-2-10(14(11)18)15(23)22-6-4-21(5-7-22)13-9-19-12(8-20-13)16(24)25/h1-3,8-9H,4-7H2,(H,24,25).